The van der Waals surface area contributed by atoms with E-state index in [2.05, 4.69) is 4.99 Å². The number of halogens is 1. The molecule has 0 unspecified atom stereocenters. The van der Waals surface area contributed by atoms with Gasteiger partial charge in [0.05, 0.1) is 0 Å². The number of nitrogens with zero attached hydrogens (tertiary/aromatic N) is 2. The Hall–Kier alpha value is -3.05. The molecule has 2 aromatic carbocycles. The van der Waals surface area contributed by atoms with E-state index in [-0.39, 0.29) is 5.56 Å². The van der Waals surface area contributed by atoms with Crippen molar-refractivity contribution in [2.45, 2.75) is 13.5 Å². The van der Waals surface area contributed by atoms with Gasteiger partial charge in [0.2, 0.25) is 0 Å². The molecule has 6 heteroatoms. The summed E-state index contributed by atoms with van der Waals surface area (Å²) in [4.78, 5) is 16.7. The normalized spacial score (nSPS) is 11.4. The fourth-order valence-electron chi connectivity index (χ4n) is 2.67. The maximum absolute atomic E-state index is 12.5. The third-order valence-electron chi connectivity index (χ3n) is 4.28. The number of aromatic nitrogens is 1. The topological polar surface area (TPSA) is 69.6 Å². The van der Waals surface area contributed by atoms with Gasteiger partial charge in [-0.15, -0.1) is 0 Å². The zero-order chi connectivity index (χ0) is 19.4. The van der Waals surface area contributed by atoms with Gasteiger partial charge in [-0.2, -0.15) is 0 Å². The molecule has 2 N–H and O–H groups in total. The average Bonchev–Trinajstić information content (AvgIpc) is 2.67. The lowest BCUT2D eigenvalue weighted by Gasteiger charge is -2.12. The van der Waals surface area contributed by atoms with Gasteiger partial charge < -0.3 is 10.5 Å². The SMILES string of the molecule is CN=C(C)c1cc(-n2ccc(OCc3ccccc3Cl)cc2=O)ccc1N. The van der Waals surface area contributed by atoms with Gasteiger partial charge >= 0.3 is 0 Å². The quantitative estimate of drug-likeness (QED) is 0.534. The molecule has 3 rings (SSSR count). The first-order valence-corrected chi connectivity index (χ1v) is 8.80. The number of benzene rings is 2. The van der Waals surface area contributed by atoms with E-state index >= 15 is 0 Å². The molecule has 27 heavy (non-hydrogen) atoms. The van der Waals surface area contributed by atoms with Gasteiger partial charge in [0, 0.05) is 52.5 Å². The Labute approximate surface area is 162 Å². The first-order chi connectivity index (χ1) is 13.0. The summed E-state index contributed by atoms with van der Waals surface area (Å²) in [6.45, 7) is 2.17. The minimum atomic E-state index is -0.200. The Morgan fingerprint density at radius 2 is 1.96 bits per heavy atom. The number of rotatable bonds is 5. The minimum Gasteiger partial charge on any atom is -0.489 e. The van der Waals surface area contributed by atoms with E-state index in [0.717, 1.165) is 16.8 Å². The molecule has 0 saturated heterocycles. The smallest absolute Gasteiger partial charge is 0.258 e. The molecule has 5 nitrogen and oxygen atoms in total. The number of hydrogen-bond donors (Lipinski definition) is 1. The van der Waals surface area contributed by atoms with Crippen molar-refractivity contribution in [2.24, 2.45) is 4.99 Å². The highest BCUT2D eigenvalue weighted by molar-refractivity contribution is 6.31. The maximum Gasteiger partial charge on any atom is 0.258 e. The van der Waals surface area contributed by atoms with E-state index < -0.39 is 0 Å². The van der Waals surface area contributed by atoms with Crippen molar-refractivity contribution in [3.05, 3.63) is 87.3 Å². The summed E-state index contributed by atoms with van der Waals surface area (Å²) in [6, 6.07) is 16.1. The van der Waals surface area contributed by atoms with Gasteiger partial charge in [-0.05, 0) is 37.3 Å². The lowest BCUT2D eigenvalue weighted by atomic mass is 10.1. The molecule has 0 atom stereocenters. The van der Waals surface area contributed by atoms with Crippen molar-refractivity contribution >= 4 is 23.0 Å². The van der Waals surface area contributed by atoms with Crippen molar-refractivity contribution in [3.8, 4) is 11.4 Å². The van der Waals surface area contributed by atoms with Gasteiger partial charge in [-0.1, -0.05) is 29.8 Å². The van der Waals surface area contributed by atoms with Crippen LogP contribution in [0.2, 0.25) is 5.02 Å². The Morgan fingerprint density at radius 1 is 1.19 bits per heavy atom. The van der Waals surface area contributed by atoms with Crippen LogP contribution < -0.4 is 16.0 Å². The first kappa shape index (κ1) is 18.7. The van der Waals surface area contributed by atoms with Crippen LogP contribution in [-0.2, 0) is 6.61 Å². The molecule has 0 saturated carbocycles. The molecule has 0 aliphatic carbocycles. The standard InChI is InChI=1S/C21H20ClN3O2/c1-14(24-2)18-11-16(7-8-20(18)23)25-10-9-17(12-21(25)26)27-13-15-5-3-4-6-19(15)22/h3-12H,13,23H2,1-2H3. The Morgan fingerprint density at radius 3 is 2.67 bits per heavy atom. The highest BCUT2D eigenvalue weighted by Crippen LogP contribution is 2.20. The third kappa shape index (κ3) is 4.20. The first-order valence-electron chi connectivity index (χ1n) is 8.42. The molecule has 3 aromatic rings. The van der Waals surface area contributed by atoms with Gasteiger partial charge in [-0.3, -0.25) is 14.4 Å². The van der Waals surface area contributed by atoms with Crippen molar-refractivity contribution in [2.75, 3.05) is 12.8 Å². The van der Waals surface area contributed by atoms with Crippen molar-refractivity contribution in [1.29, 1.82) is 0 Å². The Balaban J connectivity index is 1.85. The molecule has 0 bridgehead atoms. The van der Waals surface area contributed by atoms with Crippen LogP contribution in [-0.4, -0.2) is 17.3 Å². The highest BCUT2D eigenvalue weighted by atomic mass is 35.5. The van der Waals surface area contributed by atoms with Crippen molar-refractivity contribution < 1.29 is 4.74 Å². The minimum absolute atomic E-state index is 0.200. The van der Waals surface area contributed by atoms with E-state index in [1.807, 2.05) is 31.2 Å². The number of nitrogen functional groups attached to an aromatic ring is 1. The van der Waals surface area contributed by atoms with Crippen LogP contribution in [0.1, 0.15) is 18.1 Å². The van der Waals surface area contributed by atoms with Gasteiger partial charge in [0.1, 0.15) is 12.4 Å². The molecule has 0 spiro atoms. The van der Waals surface area contributed by atoms with Crippen LogP contribution >= 0.6 is 11.6 Å². The number of hydrogen-bond acceptors (Lipinski definition) is 4. The second-order valence-electron chi connectivity index (χ2n) is 6.03. The van der Waals surface area contributed by atoms with E-state index in [1.54, 1.807) is 37.5 Å². The number of aliphatic imine (C=N–C) groups is 1. The number of ether oxygens (including phenoxy) is 1. The van der Waals surface area contributed by atoms with E-state index in [1.165, 1.54) is 10.6 Å². The second kappa shape index (κ2) is 8.10. The van der Waals surface area contributed by atoms with Crippen LogP contribution in [0.3, 0.4) is 0 Å². The molecule has 138 valence electrons. The molecule has 1 heterocycles. The lowest BCUT2D eigenvalue weighted by molar-refractivity contribution is 0.305. The fraction of sp³-hybridized carbons (Fsp3) is 0.143. The van der Waals surface area contributed by atoms with Gasteiger partial charge in [-0.25, -0.2) is 0 Å². The summed E-state index contributed by atoms with van der Waals surface area (Å²) < 4.78 is 7.24. The summed E-state index contributed by atoms with van der Waals surface area (Å²) in [6.07, 6.45) is 1.68. The maximum atomic E-state index is 12.5. The molecule has 0 aliphatic heterocycles. The molecule has 0 aliphatic rings. The number of anilines is 1. The Bertz CT molecular complexity index is 1060. The van der Waals surface area contributed by atoms with Crippen LogP contribution in [0.15, 0.2) is 70.6 Å². The van der Waals surface area contributed by atoms with Crippen LogP contribution in [0.4, 0.5) is 5.69 Å². The molecular formula is C21H20ClN3O2. The predicted molar refractivity (Wildman–Crippen MR) is 110 cm³/mol. The summed E-state index contributed by atoms with van der Waals surface area (Å²) in [5.41, 5.74) is 9.62. The largest absolute Gasteiger partial charge is 0.489 e. The van der Waals surface area contributed by atoms with Crippen LogP contribution in [0, 0.1) is 0 Å². The zero-order valence-corrected chi connectivity index (χ0v) is 15.9. The lowest BCUT2D eigenvalue weighted by Crippen LogP contribution is -2.17. The Kier molecular flexibility index (Phi) is 5.62. The monoisotopic (exact) mass is 381 g/mol. The average molecular weight is 382 g/mol. The molecule has 0 fully saturated rings. The fourth-order valence-corrected chi connectivity index (χ4v) is 2.86. The predicted octanol–water partition coefficient (Wildman–Crippen LogP) is 4.09. The molecule has 0 radical (unpaired) electrons. The van der Waals surface area contributed by atoms with Crippen molar-refractivity contribution in [3.63, 3.8) is 0 Å². The van der Waals surface area contributed by atoms with Crippen molar-refractivity contribution in [1.82, 2.24) is 4.57 Å². The summed E-state index contributed by atoms with van der Waals surface area (Å²) in [5, 5.41) is 0.633. The number of nitrogens with two attached hydrogens (primary N) is 1. The van der Waals surface area contributed by atoms with Gasteiger partial charge in [0.15, 0.2) is 0 Å². The van der Waals surface area contributed by atoms with Gasteiger partial charge in [0.25, 0.3) is 5.56 Å². The third-order valence-corrected chi connectivity index (χ3v) is 4.65. The van der Waals surface area contributed by atoms with E-state index in [0.29, 0.717) is 28.8 Å². The van der Waals surface area contributed by atoms with E-state index in [9.17, 15) is 4.79 Å². The van der Waals surface area contributed by atoms with Crippen LogP contribution in [0.5, 0.6) is 5.75 Å². The van der Waals surface area contributed by atoms with Crippen LogP contribution in [0.25, 0.3) is 5.69 Å². The molecule has 1 aromatic heterocycles. The summed E-state index contributed by atoms with van der Waals surface area (Å²) >= 11 is 6.13. The zero-order valence-electron chi connectivity index (χ0n) is 15.1. The molecular weight excluding hydrogens is 362 g/mol. The second-order valence-corrected chi connectivity index (χ2v) is 6.44. The summed E-state index contributed by atoms with van der Waals surface area (Å²) in [5.74, 6) is 0.484. The molecule has 0 amide bonds. The summed E-state index contributed by atoms with van der Waals surface area (Å²) in [7, 11) is 1.71. The van der Waals surface area contributed by atoms with E-state index in [4.69, 9.17) is 22.1 Å². The number of pyridine rings is 1. The highest BCUT2D eigenvalue weighted by Gasteiger charge is 2.08.